The number of carbonyl (C=O) groups excluding carboxylic acids is 1. The maximum atomic E-state index is 12.4. The fraction of sp³-hybridized carbons (Fsp3) is 0.529. The molecular weight excluding hydrogens is 346 g/mol. The van der Waals surface area contributed by atoms with E-state index in [1.807, 2.05) is 0 Å². The summed E-state index contributed by atoms with van der Waals surface area (Å²) in [6.45, 7) is 0.877. The first-order chi connectivity index (χ1) is 12.0. The third-order valence-corrected chi connectivity index (χ3v) is 4.95. The second kappa shape index (κ2) is 7.82. The van der Waals surface area contributed by atoms with Crippen LogP contribution in [0.2, 0.25) is 5.02 Å². The summed E-state index contributed by atoms with van der Waals surface area (Å²) in [7, 11) is 0. The van der Waals surface area contributed by atoms with Gasteiger partial charge in [-0.2, -0.15) is 0 Å². The first-order valence-corrected chi connectivity index (χ1v) is 8.86. The molecule has 0 saturated heterocycles. The summed E-state index contributed by atoms with van der Waals surface area (Å²) in [5, 5.41) is 17.9. The number of carboxylic acid groups (broad SMARTS) is 1. The lowest BCUT2D eigenvalue weighted by Crippen LogP contribution is -2.49. The molecule has 2 aliphatic rings. The van der Waals surface area contributed by atoms with Crippen molar-refractivity contribution in [2.45, 2.75) is 37.8 Å². The van der Waals surface area contributed by atoms with Gasteiger partial charge in [0, 0.05) is 17.6 Å². The molecule has 7 nitrogen and oxygen atoms in total. The minimum absolute atomic E-state index is 0.115. The molecule has 1 aromatic carbocycles. The fourth-order valence-corrected chi connectivity index (χ4v) is 3.50. The van der Waals surface area contributed by atoms with Crippen molar-refractivity contribution in [3.63, 3.8) is 0 Å². The van der Waals surface area contributed by atoms with Gasteiger partial charge in [-0.15, -0.1) is 0 Å². The number of ether oxygens (including phenoxy) is 1. The molecule has 0 spiro atoms. The standard InChI is InChI=1S/C17H22ClN3O4/c18-11-3-6-14-13(7-11)19-9-15(25-14)16(22)21-12-4-1-10(2-5-12)8-20-17(23)24/h3,6-7,10,12,15,19-20H,1-2,4-5,8-9H2,(H,21,22)(H,23,24). The van der Waals surface area contributed by atoms with Crippen molar-refractivity contribution in [2.75, 3.05) is 18.4 Å². The second-order valence-electron chi connectivity index (χ2n) is 6.54. The highest BCUT2D eigenvalue weighted by Gasteiger charge is 2.29. The normalized spacial score (nSPS) is 25.1. The van der Waals surface area contributed by atoms with Crippen LogP contribution in [0.3, 0.4) is 0 Å². The van der Waals surface area contributed by atoms with Crippen molar-refractivity contribution in [1.29, 1.82) is 0 Å². The average molecular weight is 368 g/mol. The van der Waals surface area contributed by atoms with Gasteiger partial charge in [-0.1, -0.05) is 11.6 Å². The van der Waals surface area contributed by atoms with Crippen molar-refractivity contribution in [3.8, 4) is 5.75 Å². The predicted octanol–water partition coefficient (Wildman–Crippen LogP) is 2.46. The Morgan fingerprint density at radius 3 is 2.76 bits per heavy atom. The highest BCUT2D eigenvalue weighted by Crippen LogP contribution is 2.31. The Labute approximate surface area is 151 Å². The molecule has 2 amide bonds. The van der Waals surface area contributed by atoms with Gasteiger partial charge in [0.25, 0.3) is 5.91 Å². The van der Waals surface area contributed by atoms with E-state index in [0.29, 0.717) is 29.8 Å². The van der Waals surface area contributed by atoms with Crippen LogP contribution in [0.1, 0.15) is 25.7 Å². The van der Waals surface area contributed by atoms with E-state index in [9.17, 15) is 9.59 Å². The van der Waals surface area contributed by atoms with Crippen LogP contribution in [0.25, 0.3) is 0 Å². The van der Waals surface area contributed by atoms with Gasteiger partial charge in [-0.05, 0) is 49.8 Å². The molecule has 1 fully saturated rings. The lowest BCUT2D eigenvalue weighted by atomic mass is 9.86. The molecule has 136 valence electrons. The summed E-state index contributed by atoms with van der Waals surface area (Å²) in [5.74, 6) is 0.841. The molecule has 0 radical (unpaired) electrons. The third kappa shape index (κ3) is 4.69. The number of amides is 2. The summed E-state index contributed by atoms with van der Waals surface area (Å²) in [6.07, 6.45) is 1.94. The summed E-state index contributed by atoms with van der Waals surface area (Å²) >= 11 is 5.94. The number of anilines is 1. The van der Waals surface area contributed by atoms with Gasteiger partial charge in [0.15, 0.2) is 6.10 Å². The van der Waals surface area contributed by atoms with Crippen LogP contribution in [0.4, 0.5) is 10.5 Å². The topological polar surface area (TPSA) is 99.7 Å². The molecule has 1 aliphatic heterocycles. The van der Waals surface area contributed by atoms with Gasteiger partial charge in [0.05, 0.1) is 12.2 Å². The molecule has 25 heavy (non-hydrogen) atoms. The van der Waals surface area contributed by atoms with Crippen molar-refractivity contribution in [3.05, 3.63) is 23.2 Å². The third-order valence-electron chi connectivity index (χ3n) is 4.72. The zero-order valence-corrected chi connectivity index (χ0v) is 14.5. The number of halogens is 1. The number of fused-ring (bicyclic) bond motifs is 1. The van der Waals surface area contributed by atoms with Gasteiger partial charge < -0.3 is 25.8 Å². The number of nitrogens with one attached hydrogen (secondary N) is 3. The van der Waals surface area contributed by atoms with Gasteiger partial charge in [-0.25, -0.2) is 4.79 Å². The van der Waals surface area contributed by atoms with Crippen LogP contribution in [0.5, 0.6) is 5.75 Å². The molecule has 4 N–H and O–H groups in total. The van der Waals surface area contributed by atoms with Crippen LogP contribution in [-0.4, -0.2) is 42.3 Å². The Morgan fingerprint density at radius 2 is 2.04 bits per heavy atom. The van der Waals surface area contributed by atoms with Crippen LogP contribution < -0.4 is 20.7 Å². The van der Waals surface area contributed by atoms with Crippen LogP contribution in [0.15, 0.2) is 18.2 Å². The lowest BCUT2D eigenvalue weighted by molar-refractivity contribution is -0.128. The van der Waals surface area contributed by atoms with Crippen molar-refractivity contribution < 1.29 is 19.4 Å². The molecule has 3 rings (SSSR count). The largest absolute Gasteiger partial charge is 0.477 e. The number of carbonyl (C=O) groups is 2. The summed E-state index contributed by atoms with van der Waals surface area (Å²) in [4.78, 5) is 23.0. The van der Waals surface area contributed by atoms with E-state index >= 15 is 0 Å². The molecule has 1 heterocycles. The van der Waals surface area contributed by atoms with Crippen LogP contribution in [0, 0.1) is 5.92 Å². The van der Waals surface area contributed by atoms with Crippen molar-refractivity contribution in [1.82, 2.24) is 10.6 Å². The monoisotopic (exact) mass is 367 g/mol. The van der Waals surface area contributed by atoms with E-state index in [0.717, 1.165) is 31.4 Å². The second-order valence-corrected chi connectivity index (χ2v) is 6.98. The molecule has 8 heteroatoms. The van der Waals surface area contributed by atoms with E-state index in [1.54, 1.807) is 18.2 Å². The van der Waals surface area contributed by atoms with E-state index in [-0.39, 0.29) is 11.9 Å². The number of hydrogen-bond donors (Lipinski definition) is 4. The first-order valence-electron chi connectivity index (χ1n) is 8.48. The molecule has 1 aromatic rings. The van der Waals surface area contributed by atoms with E-state index in [2.05, 4.69) is 16.0 Å². The van der Waals surface area contributed by atoms with Crippen molar-refractivity contribution in [2.24, 2.45) is 5.92 Å². The van der Waals surface area contributed by atoms with Crippen molar-refractivity contribution >= 4 is 29.3 Å². The fourth-order valence-electron chi connectivity index (χ4n) is 3.32. The van der Waals surface area contributed by atoms with Gasteiger partial charge in [0.1, 0.15) is 5.75 Å². The molecule has 1 atom stereocenters. The Kier molecular flexibility index (Phi) is 5.53. The average Bonchev–Trinajstić information content (AvgIpc) is 2.60. The Morgan fingerprint density at radius 1 is 1.28 bits per heavy atom. The Bertz CT molecular complexity index is 647. The zero-order valence-electron chi connectivity index (χ0n) is 13.8. The van der Waals surface area contributed by atoms with Gasteiger partial charge in [-0.3, -0.25) is 4.79 Å². The number of hydrogen-bond acceptors (Lipinski definition) is 4. The SMILES string of the molecule is O=C(O)NCC1CCC(NC(=O)C2CNc3cc(Cl)ccc3O2)CC1. The smallest absolute Gasteiger partial charge is 0.404 e. The minimum atomic E-state index is -0.987. The molecular formula is C17H22ClN3O4. The zero-order chi connectivity index (χ0) is 17.8. The molecule has 1 aliphatic carbocycles. The molecule has 0 aromatic heterocycles. The summed E-state index contributed by atoms with van der Waals surface area (Å²) < 4.78 is 5.77. The number of benzene rings is 1. The number of rotatable bonds is 4. The van der Waals surface area contributed by atoms with Gasteiger partial charge in [0.2, 0.25) is 0 Å². The van der Waals surface area contributed by atoms with Gasteiger partial charge >= 0.3 is 6.09 Å². The Hall–Kier alpha value is -2.15. The predicted molar refractivity (Wildman–Crippen MR) is 94.3 cm³/mol. The maximum Gasteiger partial charge on any atom is 0.404 e. The Balaban J connectivity index is 1.46. The first kappa shape index (κ1) is 17.7. The maximum absolute atomic E-state index is 12.4. The highest BCUT2D eigenvalue weighted by atomic mass is 35.5. The summed E-state index contributed by atoms with van der Waals surface area (Å²) in [6, 6.07) is 5.38. The van der Waals surface area contributed by atoms with E-state index in [1.165, 1.54) is 0 Å². The lowest BCUT2D eigenvalue weighted by Gasteiger charge is -2.31. The highest BCUT2D eigenvalue weighted by molar-refractivity contribution is 6.30. The quantitative estimate of drug-likeness (QED) is 0.655. The van der Waals surface area contributed by atoms with E-state index in [4.69, 9.17) is 21.4 Å². The van der Waals surface area contributed by atoms with Crippen LogP contribution in [-0.2, 0) is 4.79 Å². The van der Waals surface area contributed by atoms with E-state index < -0.39 is 12.2 Å². The molecule has 0 bridgehead atoms. The minimum Gasteiger partial charge on any atom is -0.477 e. The summed E-state index contributed by atoms with van der Waals surface area (Å²) in [5.41, 5.74) is 0.794. The molecule has 1 unspecified atom stereocenters. The molecule has 1 saturated carbocycles. The van der Waals surface area contributed by atoms with Crippen LogP contribution >= 0.6 is 11.6 Å².